The number of hydrogen-bond acceptors (Lipinski definition) is 6. The highest BCUT2D eigenvalue weighted by Gasteiger charge is 2.51. The van der Waals surface area contributed by atoms with E-state index >= 15 is 0 Å². The molecule has 1 fully saturated rings. The fourth-order valence-electron chi connectivity index (χ4n) is 2.69. The first kappa shape index (κ1) is 16.2. The quantitative estimate of drug-likeness (QED) is 0.693. The van der Waals surface area contributed by atoms with Gasteiger partial charge in [0, 0.05) is 12.8 Å². The van der Waals surface area contributed by atoms with Gasteiger partial charge in [-0.15, -0.1) is 0 Å². The van der Waals surface area contributed by atoms with Gasteiger partial charge in [0.05, 0.1) is 12.4 Å². The number of imidazole rings is 1. The van der Waals surface area contributed by atoms with Crippen LogP contribution in [0, 0.1) is 0 Å². The Kier molecular flexibility index (Phi) is 3.83. The molecular weight excluding hydrogens is 335 g/mol. The van der Waals surface area contributed by atoms with Gasteiger partial charge in [-0.1, -0.05) is 0 Å². The number of anilines is 1. The topological polar surface area (TPSA) is 136 Å². The molecule has 12 heteroatoms. The van der Waals surface area contributed by atoms with Gasteiger partial charge in [0.15, 0.2) is 11.5 Å². The molecule has 4 N–H and O–H groups in total. The monoisotopic (exact) mass is 349 g/mol. The Morgan fingerprint density at radius 3 is 2.87 bits per heavy atom. The molecule has 0 aromatic carbocycles. The molecule has 0 bridgehead atoms. The Hall–Kier alpha value is -1.68. The second-order valence-electron chi connectivity index (χ2n) is 5.38. The van der Waals surface area contributed by atoms with E-state index in [1.165, 1.54) is 10.9 Å². The maximum atomic E-state index is 14.3. The zero-order valence-corrected chi connectivity index (χ0v) is 12.6. The van der Waals surface area contributed by atoms with E-state index in [-0.39, 0.29) is 23.4 Å². The summed E-state index contributed by atoms with van der Waals surface area (Å²) in [4.78, 5) is 29.2. The Balaban J connectivity index is 1.86. The Labute approximate surface area is 128 Å². The van der Waals surface area contributed by atoms with E-state index in [4.69, 9.17) is 20.3 Å². The Morgan fingerprint density at radius 2 is 2.17 bits per heavy atom. The Bertz CT molecular complexity index is 779. The average Bonchev–Trinajstić information content (AvgIpc) is 2.97. The third kappa shape index (κ3) is 3.18. The van der Waals surface area contributed by atoms with Crippen molar-refractivity contribution in [2.24, 2.45) is 0 Å². The molecule has 0 unspecified atom stereocenters. The smallest absolute Gasteiger partial charge is 0.350 e. The molecule has 2 heterocycles. The first-order valence-electron chi connectivity index (χ1n) is 6.64. The lowest BCUT2D eigenvalue weighted by molar-refractivity contribution is -0.0399. The highest BCUT2D eigenvalue weighted by Crippen LogP contribution is 2.47. The number of ether oxygens (including phenoxy) is 1. The predicted molar refractivity (Wildman–Crippen MR) is 74.7 cm³/mol. The summed E-state index contributed by atoms with van der Waals surface area (Å²) in [5.41, 5.74) is 6.04. The van der Waals surface area contributed by atoms with Gasteiger partial charge >= 0.3 is 7.60 Å². The van der Waals surface area contributed by atoms with E-state index in [0.717, 1.165) is 6.33 Å². The van der Waals surface area contributed by atoms with E-state index in [0.29, 0.717) is 0 Å². The van der Waals surface area contributed by atoms with Crippen molar-refractivity contribution in [2.45, 2.75) is 30.9 Å². The number of halogens is 2. The fourth-order valence-corrected chi connectivity index (χ4v) is 3.09. The number of nitrogens with zero attached hydrogens (tertiary/aromatic N) is 4. The lowest BCUT2D eigenvalue weighted by Crippen LogP contribution is -2.25. The first-order valence-corrected chi connectivity index (χ1v) is 8.44. The van der Waals surface area contributed by atoms with Crippen molar-refractivity contribution < 1.29 is 27.9 Å². The van der Waals surface area contributed by atoms with E-state index in [2.05, 4.69) is 15.0 Å². The van der Waals surface area contributed by atoms with E-state index < -0.39 is 38.4 Å². The van der Waals surface area contributed by atoms with Crippen molar-refractivity contribution in [1.82, 2.24) is 19.5 Å². The second-order valence-corrected chi connectivity index (χ2v) is 6.97. The maximum Gasteiger partial charge on any atom is 0.350 e. The van der Waals surface area contributed by atoms with Crippen LogP contribution in [0.2, 0.25) is 0 Å². The third-order valence-corrected chi connectivity index (χ3v) is 4.16. The molecule has 2 aromatic rings. The minimum Gasteiger partial charge on any atom is -0.382 e. The molecule has 2 atom stereocenters. The standard InChI is InChI=1S/C11H14F2N5O4P/c12-11(13)2-6(22-5-23(19,20)21)1-7(11)18-4-17-8-9(14)15-3-16-10(8)18/h3-4,6-7H,1-2,5H2,(H2,14,15,16)(H2,19,20,21)/t6-,7+/m0/s1. The van der Waals surface area contributed by atoms with Gasteiger partial charge in [-0.05, 0) is 0 Å². The van der Waals surface area contributed by atoms with Crippen LogP contribution in [0.25, 0.3) is 11.2 Å². The fraction of sp³-hybridized carbons (Fsp3) is 0.545. The summed E-state index contributed by atoms with van der Waals surface area (Å²) in [6.07, 6.45) is -0.260. The molecule has 1 aliphatic carbocycles. The minimum atomic E-state index is -4.41. The van der Waals surface area contributed by atoms with Crippen LogP contribution in [0.1, 0.15) is 18.9 Å². The van der Waals surface area contributed by atoms with Crippen LogP contribution in [0.15, 0.2) is 12.7 Å². The second kappa shape index (κ2) is 5.45. The molecule has 0 amide bonds. The number of rotatable bonds is 4. The van der Waals surface area contributed by atoms with Crippen LogP contribution >= 0.6 is 7.60 Å². The first-order chi connectivity index (χ1) is 10.7. The molecule has 126 valence electrons. The van der Waals surface area contributed by atoms with Gasteiger partial charge in [-0.3, -0.25) is 4.57 Å². The molecule has 2 aromatic heterocycles. The van der Waals surface area contributed by atoms with Crippen molar-refractivity contribution in [3.8, 4) is 0 Å². The normalized spacial score (nSPS) is 24.3. The molecule has 3 rings (SSSR count). The largest absolute Gasteiger partial charge is 0.382 e. The lowest BCUT2D eigenvalue weighted by atomic mass is 10.2. The molecule has 1 aliphatic rings. The van der Waals surface area contributed by atoms with Crippen LogP contribution < -0.4 is 5.73 Å². The van der Waals surface area contributed by atoms with Crippen molar-refractivity contribution in [3.05, 3.63) is 12.7 Å². The van der Waals surface area contributed by atoms with Gasteiger partial charge in [0.2, 0.25) is 0 Å². The molecular formula is C11H14F2N5O4P. The molecule has 0 spiro atoms. The van der Waals surface area contributed by atoms with Crippen LogP contribution in [0.3, 0.4) is 0 Å². The Morgan fingerprint density at radius 1 is 1.43 bits per heavy atom. The number of nitrogen functional groups attached to an aromatic ring is 1. The summed E-state index contributed by atoms with van der Waals surface area (Å²) >= 11 is 0. The number of hydrogen-bond donors (Lipinski definition) is 3. The SMILES string of the molecule is Nc1ncnc2c1ncn2[C@@H]1C[C@H](OCP(=O)(O)O)CC1(F)F. The molecule has 0 aliphatic heterocycles. The number of aromatic nitrogens is 4. The van der Waals surface area contributed by atoms with Gasteiger partial charge in [0.25, 0.3) is 5.92 Å². The third-order valence-electron chi connectivity index (χ3n) is 3.67. The van der Waals surface area contributed by atoms with Crippen molar-refractivity contribution in [2.75, 3.05) is 12.1 Å². The van der Waals surface area contributed by atoms with Crippen LogP contribution in [-0.4, -0.2) is 47.7 Å². The van der Waals surface area contributed by atoms with Crippen LogP contribution in [0.4, 0.5) is 14.6 Å². The summed E-state index contributed by atoms with van der Waals surface area (Å²) in [5, 5.41) is 0. The zero-order valence-electron chi connectivity index (χ0n) is 11.7. The maximum absolute atomic E-state index is 14.3. The van der Waals surface area contributed by atoms with Gasteiger partial charge in [0.1, 0.15) is 24.2 Å². The highest BCUT2D eigenvalue weighted by molar-refractivity contribution is 7.51. The lowest BCUT2D eigenvalue weighted by Gasteiger charge is -2.19. The van der Waals surface area contributed by atoms with Crippen LogP contribution in [-0.2, 0) is 9.30 Å². The van der Waals surface area contributed by atoms with Crippen molar-refractivity contribution in [3.63, 3.8) is 0 Å². The van der Waals surface area contributed by atoms with Crippen molar-refractivity contribution >= 4 is 24.6 Å². The number of fused-ring (bicyclic) bond motifs is 1. The summed E-state index contributed by atoms with van der Waals surface area (Å²) < 4.78 is 45.5. The van der Waals surface area contributed by atoms with E-state index in [1.807, 2.05) is 0 Å². The molecule has 0 saturated heterocycles. The van der Waals surface area contributed by atoms with Gasteiger partial charge in [-0.2, -0.15) is 0 Å². The average molecular weight is 349 g/mol. The summed E-state index contributed by atoms with van der Waals surface area (Å²) in [7, 11) is -4.41. The minimum absolute atomic E-state index is 0.0874. The number of nitrogens with two attached hydrogens (primary N) is 1. The molecule has 0 radical (unpaired) electrons. The molecule has 1 saturated carbocycles. The summed E-state index contributed by atoms with van der Waals surface area (Å²) in [6.45, 7) is 0. The van der Waals surface area contributed by atoms with E-state index in [1.54, 1.807) is 0 Å². The highest BCUT2D eigenvalue weighted by atomic mass is 31.2. The van der Waals surface area contributed by atoms with Crippen molar-refractivity contribution in [1.29, 1.82) is 0 Å². The zero-order chi connectivity index (χ0) is 16.8. The molecule has 23 heavy (non-hydrogen) atoms. The predicted octanol–water partition coefficient (Wildman–Crippen LogP) is 0.899. The van der Waals surface area contributed by atoms with E-state index in [9.17, 15) is 13.3 Å². The summed E-state index contributed by atoms with van der Waals surface area (Å²) in [6, 6.07) is -1.29. The van der Waals surface area contributed by atoms with Crippen LogP contribution in [0.5, 0.6) is 0 Å². The van der Waals surface area contributed by atoms with Gasteiger partial charge in [-0.25, -0.2) is 23.7 Å². The molecule has 9 nitrogen and oxygen atoms in total. The summed E-state index contributed by atoms with van der Waals surface area (Å²) in [5.74, 6) is -3.04. The number of alkyl halides is 2. The van der Waals surface area contributed by atoms with Gasteiger partial charge < -0.3 is 24.8 Å².